The summed E-state index contributed by atoms with van der Waals surface area (Å²) in [6.07, 6.45) is 7.37. The third-order valence-corrected chi connectivity index (χ3v) is 2.90. The van der Waals surface area contributed by atoms with Gasteiger partial charge in [0.05, 0.1) is 12.7 Å². The van der Waals surface area contributed by atoms with E-state index in [4.69, 9.17) is 4.74 Å². The third-order valence-electron chi connectivity index (χ3n) is 2.90. The maximum Gasteiger partial charge on any atom is 0.0674 e. The van der Waals surface area contributed by atoms with Crippen molar-refractivity contribution in [1.29, 1.82) is 0 Å². The molecule has 2 heteroatoms. The van der Waals surface area contributed by atoms with Crippen LogP contribution in [0.3, 0.4) is 0 Å². The molecule has 1 saturated heterocycles. The van der Waals surface area contributed by atoms with Gasteiger partial charge in [0.1, 0.15) is 0 Å². The number of ether oxygens (including phenoxy) is 1. The standard InChI is InChI=1S/C12H25NO/c1-3-4-5-6-7-8-13-9-10-14-12(2)11-13/h12H,3-11H2,1-2H3/t12-/m0/s1. The molecule has 2 nitrogen and oxygen atoms in total. The summed E-state index contributed by atoms with van der Waals surface area (Å²) in [4.78, 5) is 2.54. The Kier molecular flexibility index (Phi) is 6.20. The minimum absolute atomic E-state index is 0.444. The van der Waals surface area contributed by atoms with Gasteiger partial charge >= 0.3 is 0 Å². The second-order valence-corrected chi connectivity index (χ2v) is 4.40. The second kappa shape index (κ2) is 7.24. The molecule has 0 aromatic rings. The van der Waals surface area contributed by atoms with Gasteiger partial charge in [0.2, 0.25) is 0 Å². The van der Waals surface area contributed by atoms with Gasteiger partial charge in [-0.3, -0.25) is 4.90 Å². The van der Waals surface area contributed by atoms with E-state index in [1.807, 2.05) is 0 Å². The summed E-state index contributed by atoms with van der Waals surface area (Å²) in [5.74, 6) is 0. The van der Waals surface area contributed by atoms with Crippen LogP contribution in [0.15, 0.2) is 0 Å². The SMILES string of the molecule is CCCCCCCN1CCO[C@@H](C)C1. The Labute approximate surface area is 88.6 Å². The van der Waals surface area contributed by atoms with E-state index in [2.05, 4.69) is 18.7 Å². The lowest BCUT2D eigenvalue weighted by atomic mass is 10.1. The lowest BCUT2D eigenvalue weighted by Gasteiger charge is -2.30. The molecule has 84 valence electrons. The maximum absolute atomic E-state index is 5.51. The van der Waals surface area contributed by atoms with Crippen molar-refractivity contribution in [2.75, 3.05) is 26.2 Å². The molecule has 0 aromatic carbocycles. The molecule has 0 aliphatic carbocycles. The molecule has 0 saturated carbocycles. The highest BCUT2D eigenvalue weighted by molar-refractivity contribution is 4.67. The zero-order chi connectivity index (χ0) is 10.2. The molecule has 0 bridgehead atoms. The van der Waals surface area contributed by atoms with E-state index in [-0.39, 0.29) is 0 Å². The van der Waals surface area contributed by atoms with E-state index in [0.717, 1.165) is 19.7 Å². The van der Waals surface area contributed by atoms with Crippen molar-refractivity contribution >= 4 is 0 Å². The summed E-state index contributed by atoms with van der Waals surface area (Å²) in [6, 6.07) is 0. The summed E-state index contributed by atoms with van der Waals surface area (Å²) in [6.45, 7) is 8.91. The fourth-order valence-corrected chi connectivity index (χ4v) is 2.03. The van der Waals surface area contributed by atoms with Gasteiger partial charge in [-0.2, -0.15) is 0 Å². The molecule has 14 heavy (non-hydrogen) atoms. The smallest absolute Gasteiger partial charge is 0.0674 e. The van der Waals surface area contributed by atoms with E-state index in [1.54, 1.807) is 0 Å². The van der Waals surface area contributed by atoms with Crippen LogP contribution in [-0.2, 0) is 4.74 Å². The van der Waals surface area contributed by atoms with Crippen molar-refractivity contribution in [3.63, 3.8) is 0 Å². The van der Waals surface area contributed by atoms with Crippen molar-refractivity contribution in [2.45, 2.75) is 52.1 Å². The Bertz CT molecular complexity index is 138. The summed E-state index contributed by atoms with van der Waals surface area (Å²) in [7, 11) is 0. The number of unbranched alkanes of at least 4 members (excludes halogenated alkanes) is 4. The van der Waals surface area contributed by atoms with Crippen LogP contribution in [0.5, 0.6) is 0 Å². The van der Waals surface area contributed by atoms with E-state index < -0.39 is 0 Å². The minimum atomic E-state index is 0.444. The van der Waals surface area contributed by atoms with Crippen LogP contribution >= 0.6 is 0 Å². The molecule has 0 amide bonds. The van der Waals surface area contributed by atoms with Crippen LogP contribution in [-0.4, -0.2) is 37.2 Å². The third kappa shape index (κ3) is 4.97. The molecule has 0 unspecified atom stereocenters. The van der Waals surface area contributed by atoms with Gasteiger partial charge in [-0.05, 0) is 19.9 Å². The minimum Gasteiger partial charge on any atom is -0.376 e. The van der Waals surface area contributed by atoms with Gasteiger partial charge < -0.3 is 4.74 Å². The Morgan fingerprint density at radius 1 is 1.21 bits per heavy atom. The van der Waals surface area contributed by atoms with Gasteiger partial charge in [-0.25, -0.2) is 0 Å². The van der Waals surface area contributed by atoms with Crippen molar-refractivity contribution in [3.05, 3.63) is 0 Å². The summed E-state index contributed by atoms with van der Waals surface area (Å²) < 4.78 is 5.51. The van der Waals surface area contributed by atoms with Gasteiger partial charge in [0.15, 0.2) is 0 Å². The van der Waals surface area contributed by atoms with E-state index in [1.165, 1.54) is 38.6 Å². The molecule has 0 spiro atoms. The van der Waals surface area contributed by atoms with Gasteiger partial charge in [0.25, 0.3) is 0 Å². The molecule has 1 fully saturated rings. The van der Waals surface area contributed by atoms with Crippen LogP contribution < -0.4 is 0 Å². The molecule has 1 aliphatic rings. The molecule has 0 aromatic heterocycles. The van der Waals surface area contributed by atoms with E-state index in [9.17, 15) is 0 Å². The first kappa shape index (κ1) is 12.0. The molecular weight excluding hydrogens is 174 g/mol. The highest BCUT2D eigenvalue weighted by Gasteiger charge is 2.15. The molecule has 1 heterocycles. The Morgan fingerprint density at radius 2 is 2.00 bits per heavy atom. The molecular formula is C12H25NO. The molecule has 0 N–H and O–H groups in total. The number of morpholine rings is 1. The number of hydrogen-bond donors (Lipinski definition) is 0. The zero-order valence-electron chi connectivity index (χ0n) is 9.80. The van der Waals surface area contributed by atoms with Crippen LogP contribution in [0.4, 0.5) is 0 Å². The highest BCUT2D eigenvalue weighted by Crippen LogP contribution is 2.07. The quantitative estimate of drug-likeness (QED) is 0.610. The molecule has 1 rings (SSSR count). The first-order valence-electron chi connectivity index (χ1n) is 6.17. The van der Waals surface area contributed by atoms with Crippen molar-refractivity contribution in [3.8, 4) is 0 Å². The number of nitrogens with zero attached hydrogens (tertiary/aromatic N) is 1. The highest BCUT2D eigenvalue weighted by atomic mass is 16.5. The lowest BCUT2D eigenvalue weighted by Crippen LogP contribution is -2.41. The summed E-state index contributed by atoms with van der Waals surface area (Å²) in [5.41, 5.74) is 0. The van der Waals surface area contributed by atoms with Gasteiger partial charge in [0, 0.05) is 13.1 Å². The maximum atomic E-state index is 5.51. The molecule has 1 atom stereocenters. The van der Waals surface area contributed by atoms with E-state index >= 15 is 0 Å². The largest absolute Gasteiger partial charge is 0.376 e. The lowest BCUT2D eigenvalue weighted by molar-refractivity contribution is -0.0186. The second-order valence-electron chi connectivity index (χ2n) is 4.40. The van der Waals surface area contributed by atoms with Crippen LogP contribution in [0, 0.1) is 0 Å². The van der Waals surface area contributed by atoms with Crippen LogP contribution in [0.25, 0.3) is 0 Å². The Balaban J connectivity index is 1.95. The monoisotopic (exact) mass is 199 g/mol. The van der Waals surface area contributed by atoms with Gasteiger partial charge in [-0.15, -0.1) is 0 Å². The predicted molar refractivity (Wildman–Crippen MR) is 60.6 cm³/mol. The number of hydrogen-bond acceptors (Lipinski definition) is 2. The predicted octanol–water partition coefficient (Wildman–Crippen LogP) is 2.68. The number of rotatable bonds is 6. The van der Waals surface area contributed by atoms with Crippen molar-refractivity contribution in [2.24, 2.45) is 0 Å². The Hall–Kier alpha value is -0.0800. The van der Waals surface area contributed by atoms with Gasteiger partial charge in [-0.1, -0.05) is 32.6 Å². The van der Waals surface area contributed by atoms with Crippen LogP contribution in [0.2, 0.25) is 0 Å². The normalized spacial score (nSPS) is 24.0. The summed E-state index contributed by atoms with van der Waals surface area (Å²) >= 11 is 0. The topological polar surface area (TPSA) is 12.5 Å². The average Bonchev–Trinajstić information content (AvgIpc) is 2.18. The first-order valence-corrected chi connectivity index (χ1v) is 6.17. The Morgan fingerprint density at radius 3 is 2.71 bits per heavy atom. The summed E-state index contributed by atoms with van der Waals surface area (Å²) in [5, 5.41) is 0. The van der Waals surface area contributed by atoms with Crippen LogP contribution in [0.1, 0.15) is 46.0 Å². The first-order chi connectivity index (χ1) is 6.83. The molecule has 1 aliphatic heterocycles. The fraction of sp³-hybridized carbons (Fsp3) is 1.00. The van der Waals surface area contributed by atoms with E-state index in [0.29, 0.717) is 6.10 Å². The van der Waals surface area contributed by atoms with Crippen molar-refractivity contribution in [1.82, 2.24) is 4.90 Å². The molecule has 0 radical (unpaired) electrons. The van der Waals surface area contributed by atoms with Crippen molar-refractivity contribution < 1.29 is 4.74 Å². The zero-order valence-corrected chi connectivity index (χ0v) is 9.80. The average molecular weight is 199 g/mol. The fourth-order valence-electron chi connectivity index (χ4n) is 2.03.